The molecule has 3 heteroatoms. The lowest BCUT2D eigenvalue weighted by Gasteiger charge is -2.36. The largest absolute Gasteiger partial charge is 0.361 e. The summed E-state index contributed by atoms with van der Waals surface area (Å²) < 4.78 is 7.59. The molecule has 0 radical (unpaired) electrons. The van der Waals surface area contributed by atoms with Crippen LogP contribution >= 0.6 is 23.5 Å². The molecule has 0 spiro atoms. The first-order valence-electron chi connectivity index (χ1n) is 10.4. The number of benzene rings is 3. The summed E-state index contributed by atoms with van der Waals surface area (Å²) in [5.74, 6) is 2.61. The van der Waals surface area contributed by atoms with Gasteiger partial charge >= 0.3 is 0 Å². The first-order valence-corrected chi connectivity index (χ1v) is 12.5. The zero-order chi connectivity index (χ0) is 19.8. The molecule has 3 aromatic rings. The molecule has 0 unspecified atom stereocenters. The maximum Gasteiger partial charge on any atom is 0.143 e. The summed E-state index contributed by atoms with van der Waals surface area (Å²) >= 11 is 4.24. The van der Waals surface area contributed by atoms with Crippen molar-refractivity contribution in [3.63, 3.8) is 0 Å². The van der Waals surface area contributed by atoms with Gasteiger partial charge in [0.15, 0.2) is 0 Å². The quantitative estimate of drug-likeness (QED) is 0.288. The third-order valence-corrected chi connectivity index (χ3v) is 8.42. The fourth-order valence-electron chi connectivity index (χ4n) is 3.95. The van der Waals surface area contributed by atoms with E-state index in [-0.39, 0.29) is 0 Å². The van der Waals surface area contributed by atoms with Gasteiger partial charge in [-0.05, 0) is 47.5 Å². The molecule has 150 valence electrons. The smallest absolute Gasteiger partial charge is 0.143 e. The van der Waals surface area contributed by atoms with Crippen LogP contribution in [0.1, 0.15) is 36.0 Å². The van der Waals surface area contributed by atoms with Gasteiger partial charge in [0.05, 0.1) is 4.58 Å². The van der Waals surface area contributed by atoms with Crippen LogP contribution in [-0.2, 0) is 10.3 Å². The van der Waals surface area contributed by atoms with Crippen LogP contribution in [-0.4, -0.2) is 22.7 Å². The zero-order valence-electron chi connectivity index (χ0n) is 16.7. The molecule has 29 heavy (non-hydrogen) atoms. The van der Waals surface area contributed by atoms with Gasteiger partial charge < -0.3 is 4.74 Å². The van der Waals surface area contributed by atoms with Crippen molar-refractivity contribution in [3.05, 3.63) is 108 Å². The highest BCUT2D eigenvalue weighted by atomic mass is 32.2. The molecule has 0 bridgehead atoms. The minimum absolute atomic E-state index is 0.587. The molecule has 0 amide bonds. The van der Waals surface area contributed by atoms with Crippen molar-refractivity contribution in [1.29, 1.82) is 0 Å². The average molecular weight is 421 g/mol. The van der Waals surface area contributed by atoms with Crippen LogP contribution in [0.25, 0.3) is 0 Å². The Morgan fingerprint density at radius 2 is 1.14 bits per heavy atom. The molecule has 0 saturated carbocycles. The minimum atomic E-state index is -0.587. The molecule has 0 N–H and O–H groups in total. The van der Waals surface area contributed by atoms with Crippen LogP contribution in [0.3, 0.4) is 0 Å². The summed E-state index contributed by atoms with van der Waals surface area (Å²) in [6.45, 7) is 0.746. The molecule has 1 aliphatic rings. The van der Waals surface area contributed by atoms with Gasteiger partial charge in [-0.2, -0.15) is 0 Å². The lowest BCUT2D eigenvalue weighted by Crippen LogP contribution is -2.33. The first kappa shape index (κ1) is 20.6. The van der Waals surface area contributed by atoms with E-state index in [1.807, 2.05) is 0 Å². The van der Waals surface area contributed by atoms with Gasteiger partial charge in [-0.15, -0.1) is 23.5 Å². The molecule has 0 aliphatic carbocycles. The minimum Gasteiger partial charge on any atom is -0.361 e. The third-order valence-electron chi connectivity index (χ3n) is 5.34. The Morgan fingerprint density at radius 1 is 0.690 bits per heavy atom. The lowest BCUT2D eigenvalue weighted by atomic mass is 9.80. The summed E-state index contributed by atoms with van der Waals surface area (Å²) in [5.41, 5.74) is 2.95. The molecule has 1 nitrogen and oxygen atoms in total. The second-order valence-electron chi connectivity index (χ2n) is 7.29. The average Bonchev–Trinajstić information content (AvgIpc) is 2.82. The number of hydrogen-bond donors (Lipinski definition) is 0. The summed E-state index contributed by atoms with van der Waals surface area (Å²) in [7, 11) is 0. The maximum atomic E-state index is 6.86. The van der Waals surface area contributed by atoms with Crippen molar-refractivity contribution < 1.29 is 4.74 Å². The van der Waals surface area contributed by atoms with Crippen molar-refractivity contribution in [2.45, 2.75) is 29.4 Å². The molecule has 3 aromatic carbocycles. The summed E-state index contributed by atoms with van der Waals surface area (Å²) in [4.78, 5) is 0. The molecular weight excluding hydrogens is 392 g/mol. The van der Waals surface area contributed by atoms with E-state index < -0.39 is 5.60 Å². The highest BCUT2D eigenvalue weighted by Gasteiger charge is 2.37. The van der Waals surface area contributed by atoms with Gasteiger partial charge in [0, 0.05) is 6.61 Å². The molecule has 1 saturated heterocycles. The molecule has 1 heterocycles. The van der Waals surface area contributed by atoms with Crippen molar-refractivity contribution in [1.82, 2.24) is 0 Å². The standard InChI is InChI=1S/C26H28OS2/c1-4-12-22(13-5-1)26(23-14-6-2-7-15-23,24-16-8-3-9-17-24)27-19-10-18-25-28-20-11-21-29-25/h1-9,12-17,25H,10-11,18-21H2. The Kier molecular flexibility index (Phi) is 7.37. The van der Waals surface area contributed by atoms with Crippen molar-refractivity contribution >= 4 is 23.5 Å². The van der Waals surface area contributed by atoms with Crippen LogP contribution in [0.15, 0.2) is 91.0 Å². The van der Waals surface area contributed by atoms with Crippen LogP contribution in [0.2, 0.25) is 0 Å². The van der Waals surface area contributed by atoms with E-state index in [1.54, 1.807) is 0 Å². The molecule has 1 aliphatic heterocycles. The number of hydrogen-bond acceptors (Lipinski definition) is 3. The van der Waals surface area contributed by atoms with Gasteiger partial charge in [0.1, 0.15) is 5.60 Å². The SMILES string of the molecule is c1ccc(C(OCCCC2SCCCS2)(c2ccccc2)c2ccccc2)cc1. The van der Waals surface area contributed by atoms with Gasteiger partial charge in [-0.1, -0.05) is 91.0 Å². The second kappa shape index (κ2) is 10.4. The van der Waals surface area contributed by atoms with Crippen LogP contribution < -0.4 is 0 Å². The summed E-state index contributed by atoms with van der Waals surface area (Å²) in [6, 6.07) is 32.0. The maximum absolute atomic E-state index is 6.86. The predicted octanol–water partition coefficient (Wildman–Crippen LogP) is 6.97. The van der Waals surface area contributed by atoms with E-state index in [0.717, 1.165) is 17.6 Å². The van der Waals surface area contributed by atoms with E-state index >= 15 is 0 Å². The molecule has 1 fully saturated rings. The predicted molar refractivity (Wildman–Crippen MR) is 128 cm³/mol. The monoisotopic (exact) mass is 420 g/mol. The van der Waals surface area contributed by atoms with Crippen molar-refractivity contribution in [2.75, 3.05) is 18.1 Å². The fraction of sp³-hybridized carbons (Fsp3) is 0.308. The molecule has 4 rings (SSSR count). The van der Waals surface area contributed by atoms with Crippen LogP contribution in [0.4, 0.5) is 0 Å². The van der Waals surface area contributed by atoms with Gasteiger partial charge in [-0.3, -0.25) is 0 Å². The van der Waals surface area contributed by atoms with E-state index in [9.17, 15) is 0 Å². The Balaban J connectivity index is 1.64. The van der Waals surface area contributed by atoms with E-state index in [4.69, 9.17) is 4.74 Å². The first-order chi connectivity index (χ1) is 14.4. The lowest BCUT2D eigenvalue weighted by molar-refractivity contribution is 0.0112. The molecular formula is C26H28OS2. The number of thioether (sulfide) groups is 2. The normalized spacial score (nSPS) is 15.3. The highest BCUT2D eigenvalue weighted by Crippen LogP contribution is 2.41. The van der Waals surface area contributed by atoms with E-state index in [2.05, 4.69) is 115 Å². The Hall–Kier alpha value is -1.68. The Labute approximate surface area is 183 Å². The van der Waals surface area contributed by atoms with E-state index in [0.29, 0.717) is 0 Å². The van der Waals surface area contributed by atoms with Crippen molar-refractivity contribution in [3.8, 4) is 0 Å². The van der Waals surface area contributed by atoms with E-state index in [1.165, 1.54) is 41.0 Å². The van der Waals surface area contributed by atoms with Crippen LogP contribution in [0, 0.1) is 0 Å². The number of ether oxygens (including phenoxy) is 1. The fourth-order valence-corrected chi connectivity index (χ4v) is 6.91. The second-order valence-corrected chi connectivity index (χ2v) is 10.2. The Bertz CT molecular complexity index is 749. The Morgan fingerprint density at radius 3 is 1.59 bits per heavy atom. The number of rotatable bonds is 8. The van der Waals surface area contributed by atoms with Gasteiger partial charge in [0.2, 0.25) is 0 Å². The van der Waals surface area contributed by atoms with Gasteiger partial charge in [-0.25, -0.2) is 0 Å². The third kappa shape index (κ3) is 4.91. The van der Waals surface area contributed by atoms with Crippen LogP contribution in [0.5, 0.6) is 0 Å². The molecule has 0 atom stereocenters. The zero-order valence-corrected chi connectivity index (χ0v) is 18.3. The summed E-state index contributed by atoms with van der Waals surface area (Å²) in [5, 5.41) is 0. The summed E-state index contributed by atoms with van der Waals surface area (Å²) in [6.07, 6.45) is 3.64. The molecule has 0 aromatic heterocycles. The van der Waals surface area contributed by atoms with Crippen molar-refractivity contribution in [2.24, 2.45) is 0 Å². The highest BCUT2D eigenvalue weighted by molar-refractivity contribution is 8.17. The topological polar surface area (TPSA) is 9.23 Å². The van der Waals surface area contributed by atoms with Gasteiger partial charge in [0.25, 0.3) is 0 Å².